The molecule has 1 amide bonds. The van der Waals surface area contributed by atoms with Crippen molar-refractivity contribution in [1.29, 1.82) is 0 Å². The number of halogens is 5. The number of carbonyl (C=O) groups excluding carboxylic acids is 1. The first-order valence-corrected chi connectivity index (χ1v) is 6.84. The normalized spacial score (nSPS) is 13.8. The highest BCUT2D eigenvalue weighted by molar-refractivity contribution is 9.10. The third-order valence-corrected chi connectivity index (χ3v) is 3.55. The zero-order valence-corrected chi connectivity index (χ0v) is 12.9. The van der Waals surface area contributed by atoms with Crippen molar-refractivity contribution in [1.82, 2.24) is 4.90 Å². The third-order valence-electron chi connectivity index (χ3n) is 2.91. The number of nitrogens with zero attached hydrogens (tertiary/aromatic N) is 1. The van der Waals surface area contributed by atoms with Crippen molar-refractivity contribution in [2.24, 2.45) is 0 Å². The zero-order valence-electron chi connectivity index (χ0n) is 11.3. The van der Waals surface area contributed by atoms with Crippen molar-refractivity contribution in [3.8, 4) is 0 Å². The summed E-state index contributed by atoms with van der Waals surface area (Å²) in [6.07, 6.45) is -6.59. The van der Waals surface area contributed by atoms with E-state index in [-0.39, 0.29) is 14.9 Å². The molecule has 0 aromatic heterocycles. The second-order valence-corrected chi connectivity index (χ2v) is 5.32. The molecule has 4 nitrogen and oxygen atoms in total. The van der Waals surface area contributed by atoms with Crippen LogP contribution in [0.3, 0.4) is 0 Å². The molecular formula is C13H12BrF4NO3. The molecule has 22 heavy (non-hydrogen) atoms. The minimum absolute atomic E-state index is 0.0718. The smallest absolute Gasteiger partial charge is 0.323 e. The maximum atomic E-state index is 13.4. The second-order valence-electron chi connectivity index (χ2n) is 4.46. The summed E-state index contributed by atoms with van der Waals surface area (Å²) in [5, 5.41) is 8.62. The molecule has 0 aliphatic heterocycles. The van der Waals surface area contributed by atoms with Crippen molar-refractivity contribution in [2.75, 3.05) is 6.54 Å². The van der Waals surface area contributed by atoms with Gasteiger partial charge < -0.3 is 5.11 Å². The molecule has 0 saturated heterocycles. The van der Waals surface area contributed by atoms with Crippen LogP contribution in [-0.2, 0) is 9.59 Å². The van der Waals surface area contributed by atoms with Gasteiger partial charge in [0, 0.05) is 0 Å². The van der Waals surface area contributed by atoms with E-state index >= 15 is 0 Å². The van der Waals surface area contributed by atoms with E-state index in [2.05, 4.69) is 15.9 Å². The number of aliphatic carboxylic acids is 1. The zero-order chi connectivity index (χ0) is 17.0. The number of hydrogen-bond donors (Lipinski definition) is 1. The van der Waals surface area contributed by atoms with Crippen LogP contribution in [0.2, 0.25) is 0 Å². The van der Waals surface area contributed by atoms with Crippen LogP contribution in [-0.4, -0.2) is 41.1 Å². The lowest BCUT2D eigenvalue weighted by Gasteiger charge is -2.27. The lowest BCUT2D eigenvalue weighted by atomic mass is 9.99. The van der Waals surface area contributed by atoms with E-state index in [9.17, 15) is 27.2 Å². The van der Waals surface area contributed by atoms with E-state index in [0.29, 0.717) is 0 Å². The van der Waals surface area contributed by atoms with Crippen molar-refractivity contribution in [3.63, 3.8) is 0 Å². The van der Waals surface area contributed by atoms with Crippen LogP contribution in [0, 0.1) is 5.82 Å². The molecular weight excluding hydrogens is 374 g/mol. The summed E-state index contributed by atoms with van der Waals surface area (Å²) in [6.45, 7) is 0.0335. The number of benzene rings is 1. The van der Waals surface area contributed by atoms with Crippen molar-refractivity contribution in [2.45, 2.75) is 25.6 Å². The van der Waals surface area contributed by atoms with Crippen LogP contribution in [0.4, 0.5) is 17.6 Å². The number of amides is 1. The summed E-state index contributed by atoms with van der Waals surface area (Å²) >= 11 is 2.91. The molecule has 0 aliphatic rings. The Morgan fingerprint density at radius 1 is 1.32 bits per heavy atom. The van der Waals surface area contributed by atoms with Gasteiger partial charge in [0.2, 0.25) is 12.2 Å². The fourth-order valence-electron chi connectivity index (χ4n) is 1.74. The predicted octanol–water partition coefficient (Wildman–Crippen LogP) is 3.17. The summed E-state index contributed by atoms with van der Waals surface area (Å²) in [6, 6.07) is 3.64. The van der Waals surface area contributed by atoms with Crippen LogP contribution in [0.25, 0.3) is 0 Å². The largest absolute Gasteiger partial charge is 0.480 e. The summed E-state index contributed by atoms with van der Waals surface area (Å²) < 4.78 is 51.9. The molecule has 0 aliphatic carbocycles. The Hall–Kier alpha value is -1.64. The topological polar surface area (TPSA) is 57.6 Å². The fourth-order valence-corrected chi connectivity index (χ4v) is 1.99. The van der Waals surface area contributed by atoms with Crippen molar-refractivity contribution in [3.05, 3.63) is 34.1 Å². The van der Waals surface area contributed by atoms with Gasteiger partial charge in [-0.3, -0.25) is 14.5 Å². The molecule has 122 valence electrons. The van der Waals surface area contributed by atoms with Crippen LogP contribution >= 0.6 is 15.9 Å². The number of carbonyl (C=O) groups is 2. The summed E-state index contributed by atoms with van der Waals surface area (Å²) in [4.78, 5) is 22.6. The number of alkyl halides is 3. The maximum Gasteiger partial charge on any atom is 0.323 e. The molecule has 0 fully saturated rings. The van der Waals surface area contributed by atoms with E-state index in [1.54, 1.807) is 0 Å². The Morgan fingerprint density at radius 3 is 2.36 bits per heavy atom. The molecule has 0 saturated carbocycles. The Balaban J connectivity index is 3.05. The first-order valence-electron chi connectivity index (χ1n) is 6.04. The summed E-state index contributed by atoms with van der Waals surface area (Å²) in [5.74, 6) is -4.67. The molecule has 1 rings (SSSR count). The molecule has 0 heterocycles. The quantitative estimate of drug-likeness (QED) is 0.604. The Bertz CT molecular complexity index is 570. The van der Waals surface area contributed by atoms with Gasteiger partial charge in [0.25, 0.3) is 6.43 Å². The van der Waals surface area contributed by atoms with Gasteiger partial charge in [0.15, 0.2) is 0 Å². The lowest BCUT2D eigenvalue weighted by Crippen LogP contribution is -2.46. The molecule has 2 unspecified atom stereocenters. The van der Waals surface area contributed by atoms with E-state index in [1.165, 1.54) is 19.1 Å². The van der Waals surface area contributed by atoms with E-state index in [1.807, 2.05) is 0 Å². The van der Waals surface area contributed by atoms with E-state index < -0.39 is 42.9 Å². The average molecular weight is 386 g/mol. The van der Waals surface area contributed by atoms with E-state index in [4.69, 9.17) is 5.11 Å². The van der Waals surface area contributed by atoms with Crippen molar-refractivity contribution >= 4 is 27.8 Å². The highest BCUT2D eigenvalue weighted by Crippen LogP contribution is 2.25. The fraction of sp³-hybridized carbons (Fsp3) is 0.385. The number of rotatable bonds is 6. The predicted molar refractivity (Wildman–Crippen MR) is 72.8 cm³/mol. The van der Waals surface area contributed by atoms with Gasteiger partial charge in [-0.05, 0) is 40.5 Å². The molecule has 1 aromatic carbocycles. The highest BCUT2D eigenvalue weighted by atomic mass is 79.9. The first kappa shape index (κ1) is 18.4. The number of carboxylic acids is 1. The van der Waals surface area contributed by atoms with Gasteiger partial charge in [-0.15, -0.1) is 0 Å². The molecule has 0 spiro atoms. The second kappa shape index (κ2) is 7.57. The van der Waals surface area contributed by atoms with Gasteiger partial charge in [-0.1, -0.05) is 6.07 Å². The Labute approximate surface area is 131 Å². The molecule has 2 atom stereocenters. The van der Waals surface area contributed by atoms with E-state index in [0.717, 1.165) is 6.07 Å². The maximum absolute atomic E-state index is 13.4. The monoisotopic (exact) mass is 385 g/mol. The molecule has 1 aromatic rings. The number of hydrogen-bond acceptors (Lipinski definition) is 2. The Kier molecular flexibility index (Phi) is 6.34. The summed E-state index contributed by atoms with van der Waals surface area (Å²) in [7, 11) is 0. The van der Waals surface area contributed by atoms with Gasteiger partial charge >= 0.3 is 5.97 Å². The SMILES string of the molecule is CC(C(=O)N(CC(=O)O)C(F)C(F)F)c1ccc(Br)c(F)c1. The average Bonchev–Trinajstić information content (AvgIpc) is 2.45. The minimum Gasteiger partial charge on any atom is -0.480 e. The lowest BCUT2D eigenvalue weighted by molar-refractivity contribution is -0.155. The minimum atomic E-state index is -3.54. The van der Waals surface area contributed by atoms with Gasteiger partial charge in [-0.2, -0.15) is 0 Å². The first-order chi connectivity index (χ1) is 10.1. The molecule has 1 N–H and O–H groups in total. The molecule has 0 bridgehead atoms. The van der Waals surface area contributed by atoms with Crippen LogP contribution in [0.1, 0.15) is 18.4 Å². The summed E-state index contributed by atoms with van der Waals surface area (Å²) in [5.41, 5.74) is 0.113. The molecule has 0 radical (unpaired) electrons. The Morgan fingerprint density at radius 2 is 1.91 bits per heavy atom. The van der Waals surface area contributed by atoms with Crippen molar-refractivity contribution < 1.29 is 32.3 Å². The number of carboxylic acid groups (broad SMARTS) is 1. The van der Waals surface area contributed by atoms with Gasteiger partial charge in [-0.25, -0.2) is 17.6 Å². The highest BCUT2D eigenvalue weighted by Gasteiger charge is 2.35. The molecule has 9 heteroatoms. The third kappa shape index (κ3) is 4.43. The van der Waals surface area contributed by atoms with Crippen LogP contribution < -0.4 is 0 Å². The van der Waals surface area contributed by atoms with Crippen LogP contribution in [0.15, 0.2) is 22.7 Å². The van der Waals surface area contributed by atoms with Gasteiger partial charge in [0.05, 0.1) is 10.4 Å². The van der Waals surface area contributed by atoms with Gasteiger partial charge in [0.1, 0.15) is 12.4 Å². The standard InChI is InChI=1S/C13H12BrF4NO3/c1-6(7-2-3-8(14)9(15)4-7)13(22)19(5-10(20)21)12(18)11(16)17/h2-4,6,11-12H,5H2,1H3,(H,20,21). The van der Waals surface area contributed by atoms with Crippen LogP contribution in [0.5, 0.6) is 0 Å².